The number of aromatic nitrogens is 5. The van der Waals surface area contributed by atoms with Gasteiger partial charge in [-0.15, -0.1) is 5.10 Å². The van der Waals surface area contributed by atoms with Crippen LogP contribution in [0.5, 0.6) is 0 Å². The lowest BCUT2D eigenvalue weighted by atomic mass is 9.83. The summed E-state index contributed by atoms with van der Waals surface area (Å²) in [4.78, 5) is 28.6. The van der Waals surface area contributed by atoms with Crippen molar-refractivity contribution in [2.45, 2.75) is 52.5 Å². The predicted molar refractivity (Wildman–Crippen MR) is 161 cm³/mol. The van der Waals surface area contributed by atoms with E-state index in [2.05, 4.69) is 46.6 Å². The molecule has 0 spiro atoms. The quantitative estimate of drug-likeness (QED) is 0.258. The number of rotatable bonds is 7. The van der Waals surface area contributed by atoms with Gasteiger partial charge in [0, 0.05) is 38.5 Å². The number of esters is 1. The van der Waals surface area contributed by atoms with Crippen LogP contribution in [0.3, 0.4) is 0 Å². The first-order valence-corrected chi connectivity index (χ1v) is 14.6. The Bertz CT molecular complexity index is 1830. The molecule has 1 atom stereocenters. The molecule has 9 heteroatoms. The Morgan fingerprint density at radius 1 is 1.02 bits per heavy atom. The Kier molecular flexibility index (Phi) is 7.26. The van der Waals surface area contributed by atoms with E-state index in [1.807, 2.05) is 57.2 Å². The van der Waals surface area contributed by atoms with Crippen LogP contribution < -0.4 is 0 Å². The van der Waals surface area contributed by atoms with Crippen molar-refractivity contribution < 1.29 is 14.3 Å². The number of nitrogens with zero attached hydrogens (tertiary/aromatic N) is 6. The summed E-state index contributed by atoms with van der Waals surface area (Å²) < 4.78 is 8.94. The zero-order valence-electron chi connectivity index (χ0n) is 24.8. The molecule has 6 rings (SSSR count). The number of hydrogen-bond acceptors (Lipinski definition) is 6. The number of aryl methyl sites for hydroxylation is 4. The van der Waals surface area contributed by atoms with Crippen molar-refractivity contribution in [2.75, 3.05) is 13.2 Å². The summed E-state index contributed by atoms with van der Waals surface area (Å²) in [6.07, 6.45) is 3.72. The van der Waals surface area contributed by atoms with Gasteiger partial charge >= 0.3 is 5.97 Å². The zero-order valence-corrected chi connectivity index (χ0v) is 24.8. The highest BCUT2D eigenvalue weighted by Gasteiger charge is 2.28. The number of carbonyl (C=O) groups is 2. The number of hydrogen-bond donors (Lipinski definition) is 0. The molecule has 0 aliphatic carbocycles. The van der Waals surface area contributed by atoms with E-state index in [-0.39, 0.29) is 24.2 Å². The van der Waals surface area contributed by atoms with Crippen molar-refractivity contribution in [3.63, 3.8) is 0 Å². The summed E-state index contributed by atoms with van der Waals surface area (Å²) >= 11 is 0. The van der Waals surface area contributed by atoms with Gasteiger partial charge in [0.15, 0.2) is 0 Å². The van der Waals surface area contributed by atoms with E-state index in [4.69, 9.17) is 4.74 Å². The monoisotopic (exact) mass is 564 g/mol. The van der Waals surface area contributed by atoms with Crippen molar-refractivity contribution in [3.8, 4) is 0 Å². The lowest BCUT2D eigenvalue weighted by molar-refractivity contribution is -0.143. The second kappa shape index (κ2) is 11.0. The summed E-state index contributed by atoms with van der Waals surface area (Å²) in [5.41, 5.74) is 9.88. The minimum Gasteiger partial charge on any atom is -0.466 e. The topological polar surface area (TPSA) is 95.1 Å². The average molecular weight is 565 g/mol. The summed E-state index contributed by atoms with van der Waals surface area (Å²) in [7, 11) is 3.76. The Morgan fingerprint density at radius 3 is 2.64 bits per heavy atom. The Balaban J connectivity index is 1.35. The Hall–Kier alpha value is -4.53. The Morgan fingerprint density at radius 2 is 1.86 bits per heavy atom. The van der Waals surface area contributed by atoms with Crippen LogP contribution in [0.1, 0.15) is 69.9 Å². The smallest absolute Gasteiger partial charge is 0.306 e. The molecular formula is C33H36N6O3. The fourth-order valence-electron chi connectivity index (χ4n) is 6.38. The van der Waals surface area contributed by atoms with Crippen LogP contribution in [0, 0.1) is 6.92 Å². The van der Waals surface area contributed by atoms with E-state index in [1.54, 1.807) is 9.36 Å². The van der Waals surface area contributed by atoms with Crippen molar-refractivity contribution >= 4 is 33.8 Å². The third-order valence-electron chi connectivity index (χ3n) is 8.67. The van der Waals surface area contributed by atoms with Gasteiger partial charge < -0.3 is 9.64 Å². The van der Waals surface area contributed by atoms with Crippen LogP contribution in [0.4, 0.5) is 0 Å². The molecule has 0 N–H and O–H groups in total. The maximum absolute atomic E-state index is 13.9. The molecule has 0 bridgehead atoms. The molecule has 1 unspecified atom stereocenters. The van der Waals surface area contributed by atoms with E-state index in [1.165, 1.54) is 11.1 Å². The van der Waals surface area contributed by atoms with Crippen LogP contribution in [0.2, 0.25) is 0 Å². The summed E-state index contributed by atoms with van der Waals surface area (Å²) in [6.45, 7) is 7.46. The number of benzene rings is 3. The van der Waals surface area contributed by atoms with Crippen LogP contribution in [0.15, 0.2) is 48.7 Å². The maximum Gasteiger partial charge on any atom is 0.306 e. The standard InChI is InChI=1S/C33H36N6O3/c1-6-21-10-11-26(32-28(21)18-34-38(32)5)33(41)39-15-14-22-8-9-23(16-24(22)19-39)27(17-30(40)42-7-2)25-12-13-29-31(20(25)3)35-36-37(29)4/h8-13,16,18,27H,6-7,14-15,17,19H2,1-5H3. The predicted octanol–water partition coefficient (Wildman–Crippen LogP) is 5.01. The summed E-state index contributed by atoms with van der Waals surface area (Å²) in [6, 6.07) is 14.5. The highest BCUT2D eigenvalue weighted by atomic mass is 16.5. The van der Waals surface area contributed by atoms with Crippen LogP contribution in [-0.2, 0) is 43.0 Å². The van der Waals surface area contributed by atoms with Gasteiger partial charge in [0.05, 0.1) is 35.8 Å². The molecule has 1 amide bonds. The molecule has 9 nitrogen and oxygen atoms in total. The van der Waals surface area contributed by atoms with E-state index < -0.39 is 0 Å². The zero-order chi connectivity index (χ0) is 29.5. The van der Waals surface area contributed by atoms with E-state index in [0.29, 0.717) is 25.3 Å². The lowest BCUT2D eigenvalue weighted by Crippen LogP contribution is -2.36. The average Bonchev–Trinajstić information content (AvgIpc) is 3.58. The fraction of sp³-hybridized carbons (Fsp3) is 0.364. The lowest BCUT2D eigenvalue weighted by Gasteiger charge is -2.30. The molecule has 0 saturated heterocycles. The van der Waals surface area contributed by atoms with Gasteiger partial charge in [-0.2, -0.15) is 5.10 Å². The minimum absolute atomic E-state index is 0.00864. The van der Waals surface area contributed by atoms with Gasteiger partial charge in [0.2, 0.25) is 0 Å². The molecule has 2 aromatic heterocycles. The molecule has 0 radical (unpaired) electrons. The molecule has 3 heterocycles. The first kappa shape index (κ1) is 27.6. The highest BCUT2D eigenvalue weighted by molar-refractivity contribution is 6.06. The minimum atomic E-state index is -0.244. The van der Waals surface area contributed by atoms with Gasteiger partial charge in [0.25, 0.3) is 5.91 Å². The first-order chi connectivity index (χ1) is 20.3. The van der Waals surface area contributed by atoms with Crippen LogP contribution >= 0.6 is 0 Å². The van der Waals surface area contributed by atoms with E-state index in [9.17, 15) is 9.59 Å². The molecular weight excluding hydrogens is 528 g/mol. The second-order valence-electron chi connectivity index (χ2n) is 11.1. The molecule has 1 aliphatic heterocycles. The normalized spacial score (nSPS) is 13.9. The highest BCUT2D eigenvalue weighted by Crippen LogP contribution is 2.36. The van der Waals surface area contributed by atoms with Crippen molar-refractivity contribution in [2.24, 2.45) is 14.1 Å². The third kappa shape index (κ3) is 4.72. The molecule has 0 fully saturated rings. The first-order valence-electron chi connectivity index (χ1n) is 14.6. The molecule has 216 valence electrons. The van der Waals surface area contributed by atoms with Gasteiger partial charge in [0.1, 0.15) is 5.52 Å². The summed E-state index contributed by atoms with van der Waals surface area (Å²) in [5, 5.41) is 14.1. The van der Waals surface area contributed by atoms with Gasteiger partial charge in [-0.25, -0.2) is 4.68 Å². The molecule has 42 heavy (non-hydrogen) atoms. The van der Waals surface area contributed by atoms with Crippen molar-refractivity contribution in [3.05, 3.63) is 87.6 Å². The number of ether oxygens (including phenoxy) is 1. The van der Waals surface area contributed by atoms with E-state index in [0.717, 1.165) is 57.0 Å². The van der Waals surface area contributed by atoms with Gasteiger partial charge in [-0.05, 0) is 72.2 Å². The second-order valence-corrected chi connectivity index (χ2v) is 11.1. The number of carbonyl (C=O) groups excluding carboxylic acids is 2. The number of amides is 1. The van der Waals surface area contributed by atoms with Crippen LogP contribution in [0.25, 0.3) is 21.9 Å². The SMILES string of the molecule is CCOC(=O)CC(c1ccc2c(c1)CN(C(=O)c1ccc(CC)c3cnn(C)c13)CC2)c1ccc2c(nnn2C)c1C. The Labute approximate surface area is 245 Å². The third-order valence-corrected chi connectivity index (χ3v) is 8.67. The summed E-state index contributed by atoms with van der Waals surface area (Å²) in [5.74, 6) is -0.455. The largest absolute Gasteiger partial charge is 0.466 e. The van der Waals surface area contributed by atoms with Crippen molar-refractivity contribution in [1.82, 2.24) is 29.7 Å². The molecule has 0 saturated carbocycles. The van der Waals surface area contributed by atoms with Gasteiger partial charge in [-0.1, -0.05) is 42.5 Å². The van der Waals surface area contributed by atoms with Crippen molar-refractivity contribution in [1.29, 1.82) is 0 Å². The molecule has 3 aromatic carbocycles. The maximum atomic E-state index is 13.9. The van der Waals surface area contributed by atoms with E-state index >= 15 is 0 Å². The number of fused-ring (bicyclic) bond motifs is 3. The van der Waals surface area contributed by atoms with Gasteiger partial charge in [-0.3, -0.25) is 14.3 Å². The fourth-order valence-corrected chi connectivity index (χ4v) is 6.38. The molecule has 1 aliphatic rings. The molecule has 5 aromatic rings. The van der Waals surface area contributed by atoms with Crippen LogP contribution in [-0.4, -0.2) is 54.7 Å².